The Balaban J connectivity index is 2.40. The molecule has 1 amide bonds. The first-order valence-electron chi connectivity index (χ1n) is 7.42. The van der Waals surface area contributed by atoms with Gasteiger partial charge in [-0.25, -0.2) is 8.42 Å². The summed E-state index contributed by atoms with van der Waals surface area (Å²) in [6.07, 6.45) is 0.516. The molecule has 0 aliphatic carbocycles. The molecule has 0 saturated carbocycles. The Morgan fingerprint density at radius 1 is 1.05 bits per heavy atom. The van der Waals surface area contributed by atoms with E-state index in [0.29, 0.717) is 32.6 Å². The van der Waals surface area contributed by atoms with Gasteiger partial charge in [0.1, 0.15) is 0 Å². The number of hydrogen-bond donors (Lipinski definition) is 0. The van der Waals surface area contributed by atoms with Crippen LogP contribution in [0.4, 0.5) is 0 Å². The van der Waals surface area contributed by atoms with Crippen LogP contribution in [0.5, 0.6) is 0 Å². The van der Waals surface area contributed by atoms with E-state index in [1.54, 1.807) is 11.8 Å². The van der Waals surface area contributed by atoms with Crippen LogP contribution in [-0.2, 0) is 14.8 Å². The number of carbonyl (C=O) groups excluding carboxylic acids is 1. The highest BCUT2D eigenvalue weighted by molar-refractivity contribution is 7.89. The van der Waals surface area contributed by atoms with Gasteiger partial charge in [-0.05, 0) is 20.0 Å². The van der Waals surface area contributed by atoms with E-state index >= 15 is 0 Å². The Morgan fingerprint density at radius 3 is 2.05 bits per heavy atom. The highest BCUT2D eigenvalue weighted by atomic mass is 32.2. The number of carbonyl (C=O) groups is 1. The zero-order valence-corrected chi connectivity index (χ0v) is 13.7. The van der Waals surface area contributed by atoms with Gasteiger partial charge in [-0.1, -0.05) is 13.8 Å². The van der Waals surface area contributed by atoms with Crippen molar-refractivity contribution in [3.63, 3.8) is 0 Å². The van der Waals surface area contributed by atoms with Crippen molar-refractivity contribution in [3.8, 4) is 0 Å². The Bertz CT molecular complexity index is 399. The molecule has 0 radical (unpaired) electrons. The van der Waals surface area contributed by atoms with Gasteiger partial charge in [0, 0.05) is 39.1 Å². The maximum Gasteiger partial charge on any atom is 0.223 e. The van der Waals surface area contributed by atoms with Gasteiger partial charge in [-0.3, -0.25) is 4.79 Å². The molecule has 0 aromatic carbocycles. The van der Waals surface area contributed by atoms with Crippen LogP contribution in [0, 0.1) is 0 Å². The van der Waals surface area contributed by atoms with Gasteiger partial charge in [0.05, 0.1) is 5.75 Å². The molecule has 1 fully saturated rings. The minimum atomic E-state index is -3.12. The van der Waals surface area contributed by atoms with E-state index in [-0.39, 0.29) is 11.7 Å². The third-order valence-electron chi connectivity index (χ3n) is 3.89. The smallest absolute Gasteiger partial charge is 0.223 e. The monoisotopic (exact) mass is 305 g/mol. The highest BCUT2D eigenvalue weighted by Crippen LogP contribution is 2.09. The van der Waals surface area contributed by atoms with Gasteiger partial charge < -0.3 is 9.80 Å². The molecule has 0 aromatic heterocycles. The first-order valence-corrected chi connectivity index (χ1v) is 9.03. The number of amides is 1. The summed E-state index contributed by atoms with van der Waals surface area (Å²) in [5, 5.41) is 0. The first-order chi connectivity index (χ1) is 9.44. The summed E-state index contributed by atoms with van der Waals surface area (Å²) in [6.45, 7) is 10.4. The Morgan fingerprint density at radius 2 is 1.60 bits per heavy atom. The quantitative estimate of drug-likeness (QED) is 0.675. The van der Waals surface area contributed by atoms with Crippen LogP contribution in [0.2, 0.25) is 0 Å². The van der Waals surface area contributed by atoms with E-state index in [1.165, 1.54) is 4.31 Å². The predicted molar refractivity (Wildman–Crippen MR) is 80.0 cm³/mol. The zero-order valence-electron chi connectivity index (χ0n) is 12.8. The second-order valence-corrected chi connectivity index (χ2v) is 7.21. The molecular formula is C13H27N3O3S. The van der Waals surface area contributed by atoms with Crippen molar-refractivity contribution in [2.24, 2.45) is 0 Å². The second-order valence-electron chi connectivity index (χ2n) is 4.96. The standard InChI is InChI=1S/C13H27N3O3S/c1-4-14(5-2)8-7-13(17)15-9-11-16(12-10-15)20(18,19)6-3/h4-12H2,1-3H3. The largest absolute Gasteiger partial charge is 0.340 e. The van der Waals surface area contributed by atoms with E-state index < -0.39 is 10.0 Å². The van der Waals surface area contributed by atoms with Crippen molar-refractivity contribution in [1.82, 2.24) is 14.1 Å². The average molecular weight is 305 g/mol. The molecule has 0 N–H and O–H groups in total. The van der Waals surface area contributed by atoms with Crippen LogP contribution in [0.25, 0.3) is 0 Å². The molecule has 0 bridgehead atoms. The lowest BCUT2D eigenvalue weighted by molar-refractivity contribution is -0.132. The molecule has 6 nitrogen and oxygen atoms in total. The number of rotatable bonds is 7. The van der Waals surface area contributed by atoms with E-state index in [1.807, 2.05) is 0 Å². The number of hydrogen-bond acceptors (Lipinski definition) is 4. The highest BCUT2D eigenvalue weighted by Gasteiger charge is 2.27. The topological polar surface area (TPSA) is 60.9 Å². The predicted octanol–water partition coefficient (Wildman–Crippen LogP) is 0.212. The van der Waals surface area contributed by atoms with Gasteiger partial charge in [0.2, 0.25) is 15.9 Å². The second kappa shape index (κ2) is 7.95. The maximum absolute atomic E-state index is 12.1. The van der Waals surface area contributed by atoms with Crippen LogP contribution in [0.1, 0.15) is 27.2 Å². The van der Waals surface area contributed by atoms with Crippen LogP contribution >= 0.6 is 0 Å². The lowest BCUT2D eigenvalue weighted by Crippen LogP contribution is -2.51. The van der Waals surface area contributed by atoms with Gasteiger partial charge >= 0.3 is 0 Å². The summed E-state index contributed by atoms with van der Waals surface area (Å²) in [7, 11) is -3.12. The molecule has 0 unspecified atom stereocenters. The fourth-order valence-corrected chi connectivity index (χ4v) is 3.43. The third-order valence-corrected chi connectivity index (χ3v) is 5.77. The summed E-state index contributed by atoms with van der Waals surface area (Å²) >= 11 is 0. The summed E-state index contributed by atoms with van der Waals surface area (Å²) in [6, 6.07) is 0. The van der Waals surface area contributed by atoms with Crippen molar-refractivity contribution < 1.29 is 13.2 Å². The van der Waals surface area contributed by atoms with Crippen LogP contribution in [0.3, 0.4) is 0 Å². The van der Waals surface area contributed by atoms with Gasteiger partial charge in [-0.15, -0.1) is 0 Å². The number of sulfonamides is 1. The fraction of sp³-hybridized carbons (Fsp3) is 0.923. The van der Waals surface area contributed by atoms with Crippen molar-refractivity contribution in [3.05, 3.63) is 0 Å². The molecule has 1 rings (SSSR count). The van der Waals surface area contributed by atoms with Crippen LogP contribution in [-0.4, -0.2) is 80.0 Å². The maximum atomic E-state index is 12.1. The third kappa shape index (κ3) is 4.71. The zero-order chi connectivity index (χ0) is 15.2. The van der Waals surface area contributed by atoms with Crippen molar-refractivity contribution in [2.75, 3.05) is 51.6 Å². The summed E-state index contributed by atoms with van der Waals surface area (Å²) in [5.74, 6) is 0.258. The van der Waals surface area contributed by atoms with E-state index in [0.717, 1.165) is 19.6 Å². The number of nitrogens with zero attached hydrogens (tertiary/aromatic N) is 3. The minimum Gasteiger partial charge on any atom is -0.340 e. The molecule has 1 heterocycles. The lowest BCUT2D eigenvalue weighted by Gasteiger charge is -2.34. The molecular weight excluding hydrogens is 278 g/mol. The molecule has 7 heteroatoms. The normalized spacial score (nSPS) is 17.7. The average Bonchev–Trinajstić information content (AvgIpc) is 2.48. The lowest BCUT2D eigenvalue weighted by atomic mass is 10.3. The molecule has 1 saturated heterocycles. The van der Waals surface area contributed by atoms with Gasteiger partial charge in [0.25, 0.3) is 0 Å². The fourth-order valence-electron chi connectivity index (χ4n) is 2.35. The van der Waals surface area contributed by atoms with Crippen molar-refractivity contribution in [1.29, 1.82) is 0 Å². The Kier molecular flexibility index (Phi) is 6.91. The minimum absolute atomic E-state index is 0.128. The van der Waals surface area contributed by atoms with E-state index in [2.05, 4.69) is 18.7 Å². The SMILES string of the molecule is CCN(CC)CCC(=O)N1CCN(S(=O)(=O)CC)CC1. The Labute approximate surface area is 122 Å². The van der Waals surface area contributed by atoms with Gasteiger partial charge in [-0.2, -0.15) is 4.31 Å². The number of piperazine rings is 1. The van der Waals surface area contributed by atoms with Crippen molar-refractivity contribution in [2.45, 2.75) is 27.2 Å². The molecule has 118 valence electrons. The molecule has 0 aromatic rings. The van der Waals surface area contributed by atoms with E-state index in [4.69, 9.17) is 0 Å². The van der Waals surface area contributed by atoms with Crippen LogP contribution < -0.4 is 0 Å². The Hall–Kier alpha value is -0.660. The van der Waals surface area contributed by atoms with Gasteiger partial charge in [0.15, 0.2) is 0 Å². The molecule has 1 aliphatic heterocycles. The van der Waals surface area contributed by atoms with Crippen LogP contribution in [0.15, 0.2) is 0 Å². The molecule has 0 spiro atoms. The summed E-state index contributed by atoms with van der Waals surface area (Å²) < 4.78 is 25.0. The summed E-state index contributed by atoms with van der Waals surface area (Å²) in [4.78, 5) is 16.1. The molecule has 20 heavy (non-hydrogen) atoms. The summed E-state index contributed by atoms with van der Waals surface area (Å²) in [5.41, 5.74) is 0. The molecule has 0 atom stereocenters. The van der Waals surface area contributed by atoms with Crippen molar-refractivity contribution >= 4 is 15.9 Å². The first kappa shape index (κ1) is 17.4. The molecule has 1 aliphatic rings. The van der Waals surface area contributed by atoms with E-state index in [9.17, 15) is 13.2 Å².